The van der Waals surface area contributed by atoms with E-state index in [1.165, 1.54) is 0 Å². The molecule has 100 valence electrons. The maximum atomic E-state index is 11.8. The van der Waals surface area contributed by atoms with Crippen molar-refractivity contribution in [2.45, 2.75) is 19.8 Å². The number of pyridine rings is 1. The molecule has 1 fully saturated rings. The van der Waals surface area contributed by atoms with E-state index in [1.54, 1.807) is 18.3 Å². The van der Waals surface area contributed by atoms with Crippen molar-refractivity contribution < 1.29 is 4.79 Å². The lowest BCUT2D eigenvalue weighted by atomic mass is 9.95. The molecule has 1 N–H and O–H groups in total. The van der Waals surface area contributed by atoms with Crippen molar-refractivity contribution in [1.82, 2.24) is 10.3 Å². The summed E-state index contributed by atoms with van der Waals surface area (Å²) in [5.74, 6) is 0.966. The molecule has 1 aromatic rings. The van der Waals surface area contributed by atoms with Gasteiger partial charge in [-0.25, -0.2) is 4.98 Å². The molecule has 19 heavy (non-hydrogen) atoms. The average molecular weight is 258 g/mol. The highest BCUT2D eigenvalue weighted by atomic mass is 16.1. The van der Waals surface area contributed by atoms with Gasteiger partial charge in [-0.1, -0.05) is 0 Å². The SMILES string of the molecule is CCNC(=O)C1CCN(c2ncccc2C#N)CC1. The predicted molar refractivity (Wildman–Crippen MR) is 72.6 cm³/mol. The van der Waals surface area contributed by atoms with E-state index >= 15 is 0 Å². The van der Waals surface area contributed by atoms with Gasteiger partial charge in [0, 0.05) is 31.7 Å². The van der Waals surface area contributed by atoms with Crippen LogP contribution in [0.3, 0.4) is 0 Å². The first-order valence-electron chi connectivity index (χ1n) is 6.64. The Labute approximate surface area is 113 Å². The molecule has 2 heterocycles. The summed E-state index contributed by atoms with van der Waals surface area (Å²) in [5.41, 5.74) is 0.596. The Morgan fingerprint density at radius 2 is 2.32 bits per heavy atom. The molecule has 0 aliphatic carbocycles. The van der Waals surface area contributed by atoms with Crippen LogP contribution in [0, 0.1) is 17.2 Å². The van der Waals surface area contributed by atoms with Crippen LogP contribution in [0.5, 0.6) is 0 Å². The van der Waals surface area contributed by atoms with Crippen LogP contribution in [0.1, 0.15) is 25.3 Å². The van der Waals surface area contributed by atoms with E-state index in [4.69, 9.17) is 5.26 Å². The summed E-state index contributed by atoms with van der Waals surface area (Å²) in [6.07, 6.45) is 3.33. The first-order chi connectivity index (χ1) is 9.26. The van der Waals surface area contributed by atoms with Crippen LogP contribution < -0.4 is 10.2 Å². The van der Waals surface area contributed by atoms with E-state index in [0.717, 1.165) is 31.7 Å². The zero-order valence-electron chi connectivity index (χ0n) is 11.1. The van der Waals surface area contributed by atoms with Gasteiger partial charge in [0.1, 0.15) is 11.9 Å². The topological polar surface area (TPSA) is 69.0 Å². The molecule has 5 nitrogen and oxygen atoms in total. The van der Waals surface area contributed by atoms with E-state index in [-0.39, 0.29) is 11.8 Å². The van der Waals surface area contributed by atoms with Crippen molar-refractivity contribution in [2.75, 3.05) is 24.5 Å². The Hall–Kier alpha value is -2.09. The minimum Gasteiger partial charge on any atom is -0.356 e. The van der Waals surface area contributed by atoms with Crippen molar-refractivity contribution in [2.24, 2.45) is 5.92 Å². The third-order valence-corrected chi connectivity index (χ3v) is 3.42. The van der Waals surface area contributed by atoms with E-state index in [9.17, 15) is 4.79 Å². The van der Waals surface area contributed by atoms with Gasteiger partial charge in [0.05, 0.1) is 5.56 Å². The number of carbonyl (C=O) groups is 1. The molecule has 1 saturated heterocycles. The van der Waals surface area contributed by atoms with Crippen LogP contribution in [-0.4, -0.2) is 30.5 Å². The summed E-state index contributed by atoms with van der Waals surface area (Å²) in [5, 5.41) is 11.9. The number of nitrogens with one attached hydrogen (secondary N) is 1. The molecule has 0 spiro atoms. The van der Waals surface area contributed by atoms with Gasteiger partial charge in [-0.05, 0) is 31.9 Å². The van der Waals surface area contributed by atoms with E-state index in [2.05, 4.69) is 21.3 Å². The van der Waals surface area contributed by atoms with Crippen LogP contribution in [0.25, 0.3) is 0 Å². The Bertz CT molecular complexity index is 486. The first-order valence-corrected chi connectivity index (χ1v) is 6.64. The molecule has 0 unspecified atom stereocenters. The van der Waals surface area contributed by atoms with Crippen LogP contribution >= 0.6 is 0 Å². The van der Waals surface area contributed by atoms with Gasteiger partial charge in [0.15, 0.2) is 0 Å². The molecule has 0 atom stereocenters. The van der Waals surface area contributed by atoms with Gasteiger partial charge < -0.3 is 10.2 Å². The van der Waals surface area contributed by atoms with Crippen LogP contribution in [-0.2, 0) is 4.79 Å². The fraction of sp³-hybridized carbons (Fsp3) is 0.500. The highest BCUT2D eigenvalue weighted by Gasteiger charge is 2.26. The molecule has 0 aromatic carbocycles. The zero-order valence-corrected chi connectivity index (χ0v) is 11.1. The molecular formula is C14H18N4O. The molecule has 5 heteroatoms. The van der Waals surface area contributed by atoms with Gasteiger partial charge >= 0.3 is 0 Å². The van der Waals surface area contributed by atoms with Crippen molar-refractivity contribution in [1.29, 1.82) is 5.26 Å². The second-order valence-corrected chi connectivity index (χ2v) is 4.64. The number of nitriles is 1. The molecule has 1 aliphatic heterocycles. The van der Waals surface area contributed by atoms with Crippen LogP contribution in [0.2, 0.25) is 0 Å². The number of piperidine rings is 1. The van der Waals surface area contributed by atoms with Crippen molar-refractivity contribution in [3.05, 3.63) is 23.9 Å². The number of anilines is 1. The molecule has 0 saturated carbocycles. The van der Waals surface area contributed by atoms with Crippen LogP contribution in [0.4, 0.5) is 5.82 Å². The lowest BCUT2D eigenvalue weighted by Crippen LogP contribution is -2.41. The standard InChI is InChI=1S/C14H18N4O/c1-2-16-14(19)11-5-8-18(9-6-11)13-12(10-15)4-3-7-17-13/h3-4,7,11H,2,5-6,8-9H2,1H3,(H,16,19). The minimum atomic E-state index is 0.0884. The van der Waals surface area contributed by atoms with Gasteiger partial charge in [-0.2, -0.15) is 5.26 Å². The molecular weight excluding hydrogens is 240 g/mol. The maximum absolute atomic E-state index is 11.8. The third-order valence-electron chi connectivity index (χ3n) is 3.42. The fourth-order valence-corrected chi connectivity index (χ4v) is 2.41. The molecule has 1 aliphatic rings. The van der Waals surface area contributed by atoms with E-state index in [0.29, 0.717) is 12.1 Å². The quantitative estimate of drug-likeness (QED) is 0.887. The van der Waals surface area contributed by atoms with Crippen molar-refractivity contribution >= 4 is 11.7 Å². The number of rotatable bonds is 3. The largest absolute Gasteiger partial charge is 0.356 e. The number of nitrogens with zero attached hydrogens (tertiary/aromatic N) is 3. The van der Waals surface area contributed by atoms with E-state index in [1.807, 2.05) is 6.92 Å². The Morgan fingerprint density at radius 1 is 1.58 bits per heavy atom. The molecule has 0 radical (unpaired) electrons. The monoisotopic (exact) mass is 258 g/mol. The minimum absolute atomic E-state index is 0.0884. The van der Waals surface area contributed by atoms with Crippen molar-refractivity contribution in [3.63, 3.8) is 0 Å². The smallest absolute Gasteiger partial charge is 0.223 e. The van der Waals surface area contributed by atoms with Crippen molar-refractivity contribution in [3.8, 4) is 6.07 Å². The molecule has 1 amide bonds. The molecule has 1 aromatic heterocycles. The van der Waals surface area contributed by atoms with Gasteiger partial charge in [0.2, 0.25) is 5.91 Å². The molecule has 2 rings (SSSR count). The number of aromatic nitrogens is 1. The maximum Gasteiger partial charge on any atom is 0.223 e. The third kappa shape index (κ3) is 3.02. The zero-order chi connectivity index (χ0) is 13.7. The Morgan fingerprint density at radius 3 is 2.95 bits per heavy atom. The number of carbonyl (C=O) groups excluding carboxylic acids is 1. The predicted octanol–water partition coefficient (Wildman–Crippen LogP) is 1.31. The Kier molecular flexibility index (Phi) is 4.35. The van der Waals surface area contributed by atoms with Gasteiger partial charge in [0.25, 0.3) is 0 Å². The summed E-state index contributed by atoms with van der Waals surface area (Å²) in [4.78, 5) is 18.1. The Balaban J connectivity index is 2.00. The second kappa shape index (κ2) is 6.19. The van der Waals surface area contributed by atoms with E-state index < -0.39 is 0 Å². The summed E-state index contributed by atoms with van der Waals surface area (Å²) < 4.78 is 0. The lowest BCUT2D eigenvalue weighted by molar-refractivity contribution is -0.125. The highest BCUT2D eigenvalue weighted by Crippen LogP contribution is 2.24. The van der Waals surface area contributed by atoms with Gasteiger partial charge in [-0.15, -0.1) is 0 Å². The summed E-state index contributed by atoms with van der Waals surface area (Å²) in [6, 6.07) is 5.71. The first kappa shape index (κ1) is 13.3. The molecule has 0 bridgehead atoms. The van der Waals surface area contributed by atoms with Crippen LogP contribution in [0.15, 0.2) is 18.3 Å². The lowest BCUT2D eigenvalue weighted by Gasteiger charge is -2.32. The number of hydrogen-bond acceptors (Lipinski definition) is 4. The second-order valence-electron chi connectivity index (χ2n) is 4.64. The fourth-order valence-electron chi connectivity index (χ4n) is 2.41. The summed E-state index contributed by atoms with van der Waals surface area (Å²) in [6.45, 7) is 4.15. The number of hydrogen-bond donors (Lipinski definition) is 1. The van der Waals surface area contributed by atoms with Gasteiger partial charge in [-0.3, -0.25) is 4.79 Å². The summed E-state index contributed by atoms with van der Waals surface area (Å²) >= 11 is 0. The number of amides is 1. The highest BCUT2D eigenvalue weighted by molar-refractivity contribution is 5.78. The summed E-state index contributed by atoms with van der Waals surface area (Å²) in [7, 11) is 0. The average Bonchev–Trinajstić information content (AvgIpc) is 2.47. The normalized spacial score (nSPS) is 15.9.